The molecule has 0 saturated heterocycles. The highest BCUT2D eigenvalue weighted by molar-refractivity contribution is 6.36. The first-order chi connectivity index (χ1) is 11.7. The number of carbonyl (C=O) groups excluding carboxylic acids is 1. The monoisotopic (exact) mass is 334 g/mol. The number of nitrogens with zero attached hydrogens (tertiary/aromatic N) is 2. The summed E-state index contributed by atoms with van der Waals surface area (Å²) in [6.07, 6.45) is 3.55. The number of primary amides is 1. The average molecular weight is 335 g/mol. The molecule has 4 aromatic rings. The number of pyridine rings is 1. The number of amides is 1. The van der Waals surface area contributed by atoms with Crippen LogP contribution in [0, 0.1) is 6.07 Å². The Labute approximate surface area is 143 Å². The quantitative estimate of drug-likeness (QED) is 0.619. The molecule has 0 atom stereocenters. The van der Waals surface area contributed by atoms with E-state index in [9.17, 15) is 4.79 Å². The van der Waals surface area contributed by atoms with Gasteiger partial charge in [0.15, 0.2) is 0 Å². The zero-order valence-electron chi connectivity index (χ0n) is 12.7. The van der Waals surface area contributed by atoms with Crippen molar-refractivity contribution >= 4 is 39.3 Å². The van der Waals surface area contributed by atoms with Crippen LogP contribution < -0.4 is 5.73 Å². The van der Waals surface area contributed by atoms with Gasteiger partial charge in [0.1, 0.15) is 0 Å². The van der Waals surface area contributed by atoms with E-state index >= 15 is 0 Å². The Morgan fingerprint density at radius 2 is 2.12 bits per heavy atom. The maximum absolute atomic E-state index is 11.9. The fourth-order valence-corrected chi connectivity index (χ4v) is 3.37. The number of benzene rings is 2. The Balaban J connectivity index is 2.10. The van der Waals surface area contributed by atoms with Crippen molar-refractivity contribution in [1.29, 1.82) is 0 Å². The molecule has 2 aromatic heterocycles. The summed E-state index contributed by atoms with van der Waals surface area (Å²) in [4.78, 5) is 16.0. The molecule has 2 N–H and O–H groups in total. The van der Waals surface area contributed by atoms with Gasteiger partial charge < -0.3 is 10.3 Å². The maximum atomic E-state index is 11.9. The van der Waals surface area contributed by atoms with Gasteiger partial charge in [-0.1, -0.05) is 29.8 Å². The summed E-state index contributed by atoms with van der Waals surface area (Å²) < 4.78 is 2.08. The zero-order chi connectivity index (χ0) is 16.7. The van der Waals surface area contributed by atoms with Crippen LogP contribution in [-0.2, 0) is 6.54 Å². The number of fused-ring (bicyclic) bond motifs is 3. The fraction of sp³-hybridized carbons (Fsp3) is 0.0526. The Morgan fingerprint density at radius 1 is 1.25 bits per heavy atom. The van der Waals surface area contributed by atoms with Gasteiger partial charge in [-0.3, -0.25) is 9.78 Å². The highest BCUT2D eigenvalue weighted by atomic mass is 35.5. The molecule has 0 spiro atoms. The minimum Gasteiger partial charge on any atom is -0.366 e. The highest BCUT2D eigenvalue weighted by Gasteiger charge is 2.18. The third-order valence-corrected chi connectivity index (χ3v) is 4.41. The minimum absolute atomic E-state index is 0.464. The molecule has 24 heavy (non-hydrogen) atoms. The van der Waals surface area contributed by atoms with E-state index in [1.54, 1.807) is 24.4 Å². The van der Waals surface area contributed by atoms with Gasteiger partial charge in [-0.2, -0.15) is 0 Å². The first-order valence-corrected chi connectivity index (χ1v) is 7.84. The fourth-order valence-electron chi connectivity index (χ4n) is 3.11. The van der Waals surface area contributed by atoms with E-state index in [4.69, 9.17) is 17.3 Å². The van der Waals surface area contributed by atoms with E-state index in [1.807, 2.05) is 30.5 Å². The number of hydrogen-bond acceptors (Lipinski definition) is 2. The molecule has 1 radical (unpaired) electrons. The molecular weight excluding hydrogens is 322 g/mol. The van der Waals surface area contributed by atoms with E-state index in [0.717, 1.165) is 27.4 Å². The SMILES string of the molecule is NC(=O)c1cccc2c1c1[c]ccc(Cl)c1n2Cc1cccnc1. The molecule has 4 rings (SSSR count). The maximum Gasteiger partial charge on any atom is 0.249 e. The molecule has 2 heterocycles. The predicted octanol–water partition coefficient (Wildman–Crippen LogP) is 3.79. The van der Waals surface area contributed by atoms with Crippen LogP contribution >= 0.6 is 11.6 Å². The molecule has 1 amide bonds. The van der Waals surface area contributed by atoms with Crippen LogP contribution in [0.15, 0.2) is 54.9 Å². The van der Waals surface area contributed by atoms with Gasteiger partial charge in [0.25, 0.3) is 0 Å². The van der Waals surface area contributed by atoms with Crippen LogP contribution in [-0.4, -0.2) is 15.5 Å². The molecule has 5 heteroatoms. The van der Waals surface area contributed by atoms with E-state index in [-0.39, 0.29) is 0 Å². The second kappa shape index (κ2) is 5.65. The van der Waals surface area contributed by atoms with Crippen LogP contribution in [0.3, 0.4) is 0 Å². The van der Waals surface area contributed by atoms with Crippen molar-refractivity contribution in [2.45, 2.75) is 6.54 Å². The van der Waals surface area contributed by atoms with E-state index in [2.05, 4.69) is 15.6 Å². The highest BCUT2D eigenvalue weighted by Crippen LogP contribution is 2.35. The molecule has 0 unspecified atom stereocenters. The van der Waals surface area contributed by atoms with Gasteiger partial charge in [-0.05, 0) is 35.9 Å². The van der Waals surface area contributed by atoms with Crippen LogP contribution in [0.5, 0.6) is 0 Å². The Hall–Kier alpha value is -2.85. The summed E-state index contributed by atoms with van der Waals surface area (Å²) in [5.41, 5.74) is 8.82. The average Bonchev–Trinajstić information content (AvgIpc) is 2.91. The lowest BCUT2D eigenvalue weighted by Gasteiger charge is -2.08. The van der Waals surface area contributed by atoms with E-state index in [1.165, 1.54) is 0 Å². The van der Waals surface area contributed by atoms with Gasteiger partial charge >= 0.3 is 0 Å². The molecule has 4 nitrogen and oxygen atoms in total. The van der Waals surface area contributed by atoms with Crippen molar-refractivity contribution in [2.24, 2.45) is 5.73 Å². The summed E-state index contributed by atoms with van der Waals surface area (Å²) in [5, 5.41) is 2.20. The topological polar surface area (TPSA) is 60.9 Å². The summed E-state index contributed by atoms with van der Waals surface area (Å²) in [5.74, 6) is -0.464. The van der Waals surface area contributed by atoms with Crippen molar-refractivity contribution < 1.29 is 4.79 Å². The number of halogens is 1. The third-order valence-electron chi connectivity index (χ3n) is 4.10. The lowest BCUT2D eigenvalue weighted by atomic mass is 10.1. The standard InChI is InChI=1S/C19H13ClN3O/c20-15-7-1-5-13-17-14(19(21)24)6-2-8-16(17)23(18(13)15)11-12-4-3-9-22-10-12/h1-4,6-10H,11H2,(H2,21,24). The second-order valence-electron chi connectivity index (χ2n) is 5.56. The smallest absolute Gasteiger partial charge is 0.249 e. The van der Waals surface area contributed by atoms with Gasteiger partial charge in [0, 0.05) is 35.3 Å². The zero-order valence-corrected chi connectivity index (χ0v) is 13.4. The number of nitrogens with two attached hydrogens (primary N) is 1. The second-order valence-corrected chi connectivity index (χ2v) is 5.97. The van der Waals surface area contributed by atoms with E-state index < -0.39 is 5.91 Å². The van der Waals surface area contributed by atoms with Crippen LogP contribution in [0.2, 0.25) is 5.02 Å². The predicted molar refractivity (Wildman–Crippen MR) is 95.1 cm³/mol. The van der Waals surface area contributed by atoms with Crippen LogP contribution in [0.4, 0.5) is 0 Å². The van der Waals surface area contributed by atoms with Crippen molar-refractivity contribution in [3.8, 4) is 0 Å². The molecule has 0 aliphatic carbocycles. The van der Waals surface area contributed by atoms with E-state index in [0.29, 0.717) is 17.1 Å². The number of carbonyl (C=O) groups is 1. The minimum atomic E-state index is -0.464. The lowest BCUT2D eigenvalue weighted by molar-refractivity contribution is 0.100. The molecule has 2 aromatic carbocycles. The third kappa shape index (κ3) is 2.23. The van der Waals surface area contributed by atoms with Crippen LogP contribution in [0.25, 0.3) is 21.8 Å². The molecule has 0 fully saturated rings. The van der Waals surface area contributed by atoms with Crippen molar-refractivity contribution in [1.82, 2.24) is 9.55 Å². The number of hydrogen-bond donors (Lipinski definition) is 1. The first kappa shape index (κ1) is 14.7. The van der Waals surface area contributed by atoms with Gasteiger partial charge in [0.2, 0.25) is 5.91 Å². The van der Waals surface area contributed by atoms with Crippen molar-refractivity contribution in [3.05, 3.63) is 77.1 Å². The Morgan fingerprint density at radius 3 is 2.88 bits per heavy atom. The molecule has 0 saturated carbocycles. The van der Waals surface area contributed by atoms with Crippen molar-refractivity contribution in [3.63, 3.8) is 0 Å². The number of rotatable bonds is 3. The largest absolute Gasteiger partial charge is 0.366 e. The number of aromatic nitrogens is 2. The summed E-state index contributed by atoms with van der Waals surface area (Å²) in [7, 11) is 0. The van der Waals surface area contributed by atoms with Gasteiger partial charge in [0.05, 0.1) is 16.1 Å². The molecule has 0 aliphatic heterocycles. The lowest BCUT2D eigenvalue weighted by Crippen LogP contribution is -2.11. The van der Waals surface area contributed by atoms with Gasteiger partial charge in [-0.15, -0.1) is 0 Å². The molecule has 0 aliphatic rings. The summed E-state index contributed by atoms with van der Waals surface area (Å²) >= 11 is 6.46. The van der Waals surface area contributed by atoms with Crippen molar-refractivity contribution in [2.75, 3.05) is 0 Å². The Kier molecular flexibility index (Phi) is 3.47. The molecule has 117 valence electrons. The van der Waals surface area contributed by atoms with Gasteiger partial charge in [-0.25, -0.2) is 0 Å². The van der Waals surface area contributed by atoms with Crippen LogP contribution in [0.1, 0.15) is 15.9 Å². The first-order valence-electron chi connectivity index (χ1n) is 7.46. The summed E-state index contributed by atoms with van der Waals surface area (Å²) in [6, 6.07) is 16.2. The summed E-state index contributed by atoms with van der Waals surface area (Å²) in [6.45, 7) is 0.591. The molecule has 0 bridgehead atoms. The Bertz CT molecular complexity index is 1070. The molecular formula is C19H13ClN3O. The normalized spacial score (nSPS) is 11.2.